The van der Waals surface area contributed by atoms with Gasteiger partial charge in [0, 0.05) is 17.8 Å². The molecule has 0 aromatic carbocycles. The van der Waals surface area contributed by atoms with Crippen molar-refractivity contribution in [2.24, 2.45) is 10.9 Å². The maximum atomic E-state index is 12.1. The van der Waals surface area contributed by atoms with Gasteiger partial charge in [0.1, 0.15) is 5.69 Å². The molecule has 0 radical (unpaired) electrons. The maximum Gasteiger partial charge on any atom is 0.270 e. The van der Waals surface area contributed by atoms with E-state index in [-0.39, 0.29) is 17.8 Å². The van der Waals surface area contributed by atoms with Gasteiger partial charge in [-0.05, 0) is 47.9 Å². The predicted octanol–water partition coefficient (Wildman–Crippen LogP) is 1.60. The predicted molar refractivity (Wildman–Crippen MR) is 81.7 cm³/mol. The van der Waals surface area contributed by atoms with Crippen LogP contribution in [0, 0.1) is 0 Å². The molecular weight excluding hydrogens is 288 g/mol. The molecule has 0 saturated heterocycles. The lowest BCUT2D eigenvalue weighted by molar-refractivity contribution is 0.0935. The zero-order valence-electron chi connectivity index (χ0n) is 11.5. The second kappa shape index (κ2) is 6.85. The first kappa shape index (κ1) is 15.0. The molecule has 0 aliphatic heterocycles. The molecule has 4 N–H and O–H groups in total. The molecule has 6 nitrogen and oxygen atoms in total. The Balaban J connectivity index is 1.96. The van der Waals surface area contributed by atoms with Crippen molar-refractivity contribution in [3.8, 4) is 0 Å². The van der Waals surface area contributed by atoms with Crippen LogP contribution in [0.25, 0.3) is 0 Å². The number of thiophene rings is 1. The highest BCUT2D eigenvalue weighted by Gasteiger charge is 2.12. The van der Waals surface area contributed by atoms with Crippen LogP contribution in [0.2, 0.25) is 0 Å². The highest BCUT2D eigenvalue weighted by atomic mass is 32.1. The molecule has 1 unspecified atom stereocenters. The lowest BCUT2D eigenvalue weighted by Gasteiger charge is -2.12. The molecule has 21 heavy (non-hydrogen) atoms. The molecule has 0 fully saturated rings. The minimum Gasteiger partial charge on any atom is -0.409 e. The molecule has 2 rings (SSSR count). The number of carbonyl (C=O) groups excluding carboxylic acids is 1. The molecule has 7 heteroatoms. The van der Waals surface area contributed by atoms with Crippen LogP contribution in [0.3, 0.4) is 0 Å². The SMILES string of the molecule is CC(Cc1ccsc1)NC(=O)c1ccc(C(N)=NO)cn1. The summed E-state index contributed by atoms with van der Waals surface area (Å²) in [4.78, 5) is 16.1. The van der Waals surface area contributed by atoms with Crippen LogP contribution in [0.1, 0.15) is 28.5 Å². The fraction of sp³-hybridized carbons (Fsp3) is 0.214. The Morgan fingerprint density at radius 3 is 2.90 bits per heavy atom. The summed E-state index contributed by atoms with van der Waals surface area (Å²) in [6.07, 6.45) is 2.17. The first-order valence-electron chi connectivity index (χ1n) is 6.36. The van der Waals surface area contributed by atoms with Crippen LogP contribution in [-0.4, -0.2) is 28.0 Å². The molecule has 0 aliphatic rings. The van der Waals surface area contributed by atoms with Crippen molar-refractivity contribution in [3.05, 3.63) is 52.0 Å². The van der Waals surface area contributed by atoms with E-state index in [1.54, 1.807) is 23.5 Å². The Bertz CT molecular complexity index is 623. The van der Waals surface area contributed by atoms with E-state index in [2.05, 4.69) is 20.8 Å². The van der Waals surface area contributed by atoms with Crippen LogP contribution in [0.4, 0.5) is 0 Å². The number of nitrogens with two attached hydrogens (primary N) is 1. The first-order chi connectivity index (χ1) is 10.1. The van der Waals surface area contributed by atoms with Gasteiger partial charge in [-0.25, -0.2) is 0 Å². The van der Waals surface area contributed by atoms with E-state index in [0.717, 1.165) is 6.42 Å². The number of pyridine rings is 1. The summed E-state index contributed by atoms with van der Waals surface area (Å²) >= 11 is 1.63. The van der Waals surface area contributed by atoms with Gasteiger partial charge in [-0.1, -0.05) is 5.16 Å². The van der Waals surface area contributed by atoms with E-state index in [1.807, 2.05) is 18.4 Å². The number of rotatable bonds is 5. The summed E-state index contributed by atoms with van der Waals surface area (Å²) in [6.45, 7) is 1.94. The first-order valence-corrected chi connectivity index (χ1v) is 7.30. The van der Waals surface area contributed by atoms with Crippen molar-refractivity contribution in [1.29, 1.82) is 0 Å². The highest BCUT2D eigenvalue weighted by Crippen LogP contribution is 2.09. The fourth-order valence-corrected chi connectivity index (χ4v) is 2.53. The quantitative estimate of drug-likeness (QED) is 0.338. The van der Waals surface area contributed by atoms with Crippen molar-refractivity contribution < 1.29 is 10.0 Å². The number of hydrogen-bond acceptors (Lipinski definition) is 5. The second-order valence-electron chi connectivity index (χ2n) is 4.63. The number of nitrogens with one attached hydrogen (secondary N) is 1. The highest BCUT2D eigenvalue weighted by molar-refractivity contribution is 7.07. The van der Waals surface area contributed by atoms with Crippen molar-refractivity contribution in [3.63, 3.8) is 0 Å². The maximum absolute atomic E-state index is 12.1. The Labute approximate surface area is 126 Å². The minimum atomic E-state index is -0.246. The number of carbonyl (C=O) groups is 1. The normalized spacial score (nSPS) is 12.9. The summed E-state index contributed by atoms with van der Waals surface area (Å²) in [7, 11) is 0. The molecule has 1 amide bonds. The molecule has 1 atom stereocenters. The van der Waals surface area contributed by atoms with Gasteiger partial charge in [0.15, 0.2) is 5.84 Å². The zero-order valence-corrected chi connectivity index (χ0v) is 12.3. The van der Waals surface area contributed by atoms with Gasteiger partial charge in [-0.3, -0.25) is 9.78 Å². The minimum absolute atomic E-state index is 0.0117. The average Bonchev–Trinajstić information content (AvgIpc) is 2.99. The summed E-state index contributed by atoms with van der Waals surface area (Å²) in [5, 5.41) is 18.4. The van der Waals surface area contributed by atoms with Gasteiger partial charge in [-0.15, -0.1) is 0 Å². The van der Waals surface area contributed by atoms with E-state index >= 15 is 0 Å². The average molecular weight is 304 g/mol. The summed E-state index contributed by atoms with van der Waals surface area (Å²) in [6, 6.07) is 5.18. The number of nitrogens with zero attached hydrogens (tertiary/aromatic N) is 2. The zero-order chi connectivity index (χ0) is 15.2. The van der Waals surface area contributed by atoms with Gasteiger partial charge >= 0.3 is 0 Å². The lowest BCUT2D eigenvalue weighted by Crippen LogP contribution is -2.34. The number of hydrogen-bond donors (Lipinski definition) is 3. The van der Waals surface area contributed by atoms with E-state index in [4.69, 9.17) is 10.9 Å². The summed E-state index contributed by atoms with van der Waals surface area (Å²) < 4.78 is 0. The van der Waals surface area contributed by atoms with Crippen LogP contribution in [-0.2, 0) is 6.42 Å². The second-order valence-corrected chi connectivity index (χ2v) is 5.41. The molecule has 2 aromatic heterocycles. The standard InChI is InChI=1S/C14H16N4O2S/c1-9(6-10-4-5-21-8-10)17-14(19)12-3-2-11(7-16-12)13(15)18-20/h2-5,7-9,20H,6H2,1H3,(H2,15,18)(H,17,19). The topological polar surface area (TPSA) is 101 Å². The van der Waals surface area contributed by atoms with Gasteiger partial charge in [0.05, 0.1) is 0 Å². The van der Waals surface area contributed by atoms with Gasteiger partial charge in [0.25, 0.3) is 5.91 Å². The molecule has 0 saturated carbocycles. The third kappa shape index (κ3) is 4.03. The van der Waals surface area contributed by atoms with E-state index < -0.39 is 0 Å². The Morgan fingerprint density at radius 1 is 1.52 bits per heavy atom. The molecule has 0 spiro atoms. The Kier molecular flexibility index (Phi) is 4.89. The number of amides is 1. The van der Waals surface area contributed by atoms with Crippen molar-refractivity contribution in [2.45, 2.75) is 19.4 Å². The molecule has 0 bridgehead atoms. The van der Waals surface area contributed by atoms with Crippen molar-refractivity contribution in [1.82, 2.24) is 10.3 Å². The third-order valence-corrected chi connectivity index (χ3v) is 3.63. The number of oxime groups is 1. The molecule has 2 aromatic rings. The van der Waals surface area contributed by atoms with Crippen LogP contribution in [0.15, 0.2) is 40.3 Å². The van der Waals surface area contributed by atoms with Gasteiger partial charge in [0.2, 0.25) is 0 Å². The van der Waals surface area contributed by atoms with Crippen LogP contribution < -0.4 is 11.1 Å². The van der Waals surface area contributed by atoms with E-state index in [9.17, 15) is 4.79 Å². The van der Waals surface area contributed by atoms with Crippen molar-refractivity contribution in [2.75, 3.05) is 0 Å². The molecule has 2 heterocycles. The van der Waals surface area contributed by atoms with E-state index in [0.29, 0.717) is 11.3 Å². The van der Waals surface area contributed by atoms with Gasteiger partial charge in [-0.2, -0.15) is 11.3 Å². The Hall–Kier alpha value is -2.41. The third-order valence-electron chi connectivity index (χ3n) is 2.90. The molecular formula is C14H16N4O2S. The smallest absolute Gasteiger partial charge is 0.270 e. The summed E-state index contributed by atoms with van der Waals surface area (Å²) in [5.41, 5.74) is 7.39. The number of amidine groups is 1. The van der Waals surface area contributed by atoms with Gasteiger partial charge < -0.3 is 16.3 Å². The van der Waals surface area contributed by atoms with Crippen LogP contribution in [0.5, 0.6) is 0 Å². The largest absolute Gasteiger partial charge is 0.409 e. The van der Waals surface area contributed by atoms with E-state index in [1.165, 1.54) is 11.8 Å². The Morgan fingerprint density at radius 2 is 2.33 bits per heavy atom. The fourth-order valence-electron chi connectivity index (χ4n) is 1.85. The molecule has 0 aliphatic carbocycles. The molecule has 110 valence electrons. The van der Waals surface area contributed by atoms with Crippen LogP contribution >= 0.6 is 11.3 Å². The van der Waals surface area contributed by atoms with Crippen molar-refractivity contribution >= 4 is 23.1 Å². The summed E-state index contributed by atoms with van der Waals surface area (Å²) in [5.74, 6) is -0.288. The lowest BCUT2D eigenvalue weighted by atomic mass is 10.1. The number of aromatic nitrogens is 1. The monoisotopic (exact) mass is 304 g/mol.